The van der Waals surface area contributed by atoms with Gasteiger partial charge in [0.1, 0.15) is 0 Å². The third kappa shape index (κ3) is 3.34. The third-order valence-electron chi connectivity index (χ3n) is 3.64. The van der Waals surface area contributed by atoms with Crippen LogP contribution in [0.2, 0.25) is 0 Å². The summed E-state index contributed by atoms with van der Waals surface area (Å²) in [6, 6.07) is 12.3. The molecular weight excluding hydrogens is 194 g/mol. The van der Waals surface area contributed by atoms with Gasteiger partial charge >= 0.3 is 0 Å². The van der Waals surface area contributed by atoms with Crippen molar-refractivity contribution in [2.75, 3.05) is 0 Å². The highest BCUT2D eigenvalue weighted by Gasteiger charge is 2.18. The van der Waals surface area contributed by atoms with Crippen LogP contribution in [0.15, 0.2) is 30.3 Å². The molecule has 1 heteroatoms. The van der Waals surface area contributed by atoms with Gasteiger partial charge in [0.2, 0.25) is 0 Å². The lowest BCUT2D eigenvalue weighted by Crippen LogP contribution is -2.37. The minimum Gasteiger partial charge on any atom is -0.311 e. The molecule has 1 atom stereocenters. The fourth-order valence-electron chi connectivity index (χ4n) is 2.65. The van der Waals surface area contributed by atoms with Crippen LogP contribution in [-0.4, -0.2) is 12.1 Å². The zero-order chi connectivity index (χ0) is 11.2. The Morgan fingerprint density at radius 1 is 1.19 bits per heavy atom. The summed E-state index contributed by atoms with van der Waals surface area (Å²) in [4.78, 5) is 0. The maximum atomic E-state index is 3.81. The summed E-state index contributed by atoms with van der Waals surface area (Å²) in [5.41, 5.74) is 1.46. The molecule has 2 rings (SSSR count). The van der Waals surface area contributed by atoms with E-state index in [1.807, 2.05) is 0 Å². The molecule has 0 heterocycles. The van der Waals surface area contributed by atoms with E-state index >= 15 is 0 Å². The fraction of sp³-hybridized carbons (Fsp3) is 0.600. The van der Waals surface area contributed by atoms with Gasteiger partial charge in [-0.2, -0.15) is 0 Å². The van der Waals surface area contributed by atoms with Gasteiger partial charge in [-0.15, -0.1) is 0 Å². The van der Waals surface area contributed by atoms with Crippen LogP contribution in [0, 0.1) is 0 Å². The van der Waals surface area contributed by atoms with Crippen LogP contribution in [0.5, 0.6) is 0 Å². The Hall–Kier alpha value is -0.820. The third-order valence-corrected chi connectivity index (χ3v) is 3.64. The van der Waals surface area contributed by atoms with Crippen molar-refractivity contribution in [3.05, 3.63) is 35.9 Å². The van der Waals surface area contributed by atoms with E-state index in [-0.39, 0.29) is 0 Å². The predicted octanol–water partition coefficient (Wildman–Crippen LogP) is 3.54. The monoisotopic (exact) mass is 217 g/mol. The Morgan fingerprint density at radius 2 is 1.88 bits per heavy atom. The molecule has 1 aromatic rings. The molecule has 0 aromatic heterocycles. The van der Waals surface area contributed by atoms with Crippen LogP contribution in [0.3, 0.4) is 0 Å². The Bertz CT molecular complexity index is 288. The van der Waals surface area contributed by atoms with E-state index < -0.39 is 0 Å². The molecule has 0 aliphatic heterocycles. The molecule has 0 spiro atoms. The Labute approximate surface area is 99.3 Å². The Balaban J connectivity index is 1.85. The molecule has 1 fully saturated rings. The predicted molar refractivity (Wildman–Crippen MR) is 69.6 cm³/mol. The lowest BCUT2D eigenvalue weighted by Gasteiger charge is -2.21. The second-order valence-electron chi connectivity index (χ2n) is 4.94. The molecule has 1 aliphatic carbocycles. The fourth-order valence-corrected chi connectivity index (χ4v) is 2.65. The van der Waals surface area contributed by atoms with Gasteiger partial charge in [-0.3, -0.25) is 0 Å². The van der Waals surface area contributed by atoms with Gasteiger partial charge in [0, 0.05) is 12.1 Å². The summed E-state index contributed by atoms with van der Waals surface area (Å²) in [6.45, 7) is 2.29. The minimum absolute atomic E-state index is 0.658. The van der Waals surface area contributed by atoms with Crippen molar-refractivity contribution in [1.82, 2.24) is 5.32 Å². The summed E-state index contributed by atoms with van der Waals surface area (Å²) in [5.74, 6) is 0. The first-order valence-electron chi connectivity index (χ1n) is 6.68. The molecule has 88 valence electrons. The average molecular weight is 217 g/mol. The lowest BCUT2D eigenvalue weighted by atomic mass is 10.0. The summed E-state index contributed by atoms with van der Waals surface area (Å²) >= 11 is 0. The van der Waals surface area contributed by atoms with E-state index in [1.165, 1.54) is 44.1 Å². The molecule has 0 saturated heterocycles. The number of hydrogen-bond acceptors (Lipinski definition) is 1. The molecule has 0 amide bonds. The van der Waals surface area contributed by atoms with Gasteiger partial charge in [0.15, 0.2) is 0 Å². The molecule has 16 heavy (non-hydrogen) atoms. The van der Waals surface area contributed by atoms with Crippen LogP contribution in [0.25, 0.3) is 0 Å². The van der Waals surface area contributed by atoms with Crippen molar-refractivity contribution in [2.45, 2.75) is 57.5 Å². The standard InChI is InChI=1S/C15H23N/c1-2-14(16-15-10-6-7-11-15)12-13-8-4-3-5-9-13/h3-5,8-9,14-16H,2,6-7,10-12H2,1H3. The maximum absolute atomic E-state index is 3.81. The number of rotatable bonds is 5. The van der Waals surface area contributed by atoms with Gasteiger partial charge < -0.3 is 5.32 Å². The quantitative estimate of drug-likeness (QED) is 0.795. The molecule has 1 saturated carbocycles. The van der Waals surface area contributed by atoms with Crippen LogP contribution in [-0.2, 0) is 6.42 Å². The maximum Gasteiger partial charge on any atom is 0.0107 e. The lowest BCUT2D eigenvalue weighted by molar-refractivity contribution is 0.417. The number of hydrogen-bond donors (Lipinski definition) is 1. The topological polar surface area (TPSA) is 12.0 Å². The largest absolute Gasteiger partial charge is 0.311 e. The van der Waals surface area contributed by atoms with Gasteiger partial charge in [-0.05, 0) is 31.2 Å². The van der Waals surface area contributed by atoms with Gasteiger partial charge in [0.05, 0.1) is 0 Å². The first-order valence-corrected chi connectivity index (χ1v) is 6.68. The molecule has 0 bridgehead atoms. The zero-order valence-corrected chi connectivity index (χ0v) is 10.3. The SMILES string of the molecule is CCC(Cc1ccccc1)NC1CCCC1. The highest BCUT2D eigenvalue weighted by atomic mass is 14.9. The Kier molecular flexibility index (Phi) is 4.41. The first-order chi connectivity index (χ1) is 7.88. The zero-order valence-electron chi connectivity index (χ0n) is 10.3. The highest BCUT2D eigenvalue weighted by molar-refractivity contribution is 5.15. The van der Waals surface area contributed by atoms with Gasteiger partial charge in [-0.25, -0.2) is 0 Å². The molecule has 1 aliphatic rings. The second-order valence-corrected chi connectivity index (χ2v) is 4.94. The molecule has 1 aromatic carbocycles. The van der Waals surface area contributed by atoms with Crippen molar-refractivity contribution in [3.63, 3.8) is 0 Å². The second kappa shape index (κ2) is 6.05. The summed E-state index contributed by atoms with van der Waals surface area (Å²) in [5, 5.41) is 3.81. The summed E-state index contributed by atoms with van der Waals surface area (Å²) in [6.07, 6.45) is 7.99. The molecular formula is C15H23N. The molecule has 0 radical (unpaired) electrons. The van der Waals surface area contributed by atoms with Gasteiger partial charge in [0.25, 0.3) is 0 Å². The van der Waals surface area contributed by atoms with Crippen molar-refractivity contribution >= 4 is 0 Å². The van der Waals surface area contributed by atoms with E-state index in [2.05, 4.69) is 42.6 Å². The Morgan fingerprint density at radius 3 is 2.50 bits per heavy atom. The normalized spacial score (nSPS) is 18.8. The van der Waals surface area contributed by atoms with Crippen LogP contribution >= 0.6 is 0 Å². The van der Waals surface area contributed by atoms with Crippen molar-refractivity contribution in [1.29, 1.82) is 0 Å². The number of benzene rings is 1. The summed E-state index contributed by atoms with van der Waals surface area (Å²) < 4.78 is 0. The van der Waals surface area contributed by atoms with E-state index in [0.717, 1.165) is 6.04 Å². The number of nitrogens with one attached hydrogen (secondary N) is 1. The first kappa shape index (κ1) is 11.7. The summed E-state index contributed by atoms with van der Waals surface area (Å²) in [7, 11) is 0. The smallest absolute Gasteiger partial charge is 0.0107 e. The van der Waals surface area contributed by atoms with E-state index in [4.69, 9.17) is 0 Å². The average Bonchev–Trinajstić information content (AvgIpc) is 2.82. The van der Waals surface area contributed by atoms with Crippen LogP contribution in [0.1, 0.15) is 44.6 Å². The molecule has 1 nitrogen and oxygen atoms in total. The highest BCUT2D eigenvalue weighted by Crippen LogP contribution is 2.19. The van der Waals surface area contributed by atoms with Gasteiger partial charge in [-0.1, -0.05) is 50.1 Å². The van der Waals surface area contributed by atoms with Crippen molar-refractivity contribution < 1.29 is 0 Å². The van der Waals surface area contributed by atoms with Crippen LogP contribution in [0.4, 0.5) is 0 Å². The van der Waals surface area contributed by atoms with E-state index in [0.29, 0.717) is 6.04 Å². The van der Waals surface area contributed by atoms with Crippen LogP contribution < -0.4 is 5.32 Å². The van der Waals surface area contributed by atoms with E-state index in [1.54, 1.807) is 0 Å². The minimum atomic E-state index is 0.658. The molecule has 1 unspecified atom stereocenters. The van der Waals surface area contributed by atoms with E-state index in [9.17, 15) is 0 Å². The molecule has 1 N–H and O–H groups in total. The van der Waals surface area contributed by atoms with Crippen molar-refractivity contribution in [2.24, 2.45) is 0 Å². The van der Waals surface area contributed by atoms with Crippen molar-refractivity contribution in [3.8, 4) is 0 Å².